The van der Waals surface area contributed by atoms with Crippen molar-refractivity contribution in [3.8, 4) is 11.3 Å². The number of esters is 1. The Bertz CT molecular complexity index is 1010. The van der Waals surface area contributed by atoms with Crippen LogP contribution in [0.1, 0.15) is 35.8 Å². The van der Waals surface area contributed by atoms with Crippen LogP contribution in [0.5, 0.6) is 0 Å². The first kappa shape index (κ1) is 18.6. The van der Waals surface area contributed by atoms with Crippen LogP contribution in [0.4, 0.5) is 0 Å². The monoisotopic (exact) mass is 366 g/mol. The minimum Gasteiger partial charge on any atom is -0.468 e. The van der Waals surface area contributed by atoms with Crippen molar-refractivity contribution in [1.82, 2.24) is 20.1 Å². The molecule has 1 N–H and O–H groups in total. The zero-order valence-electron chi connectivity index (χ0n) is 15.8. The SMILES string of the molecule is COC(=O)CNC(=O)c1cc(-c2ccccc2C)nc2c1cnn2C(C)C. The van der Waals surface area contributed by atoms with Gasteiger partial charge in [-0.15, -0.1) is 0 Å². The minimum atomic E-state index is -0.509. The molecule has 7 nitrogen and oxygen atoms in total. The number of hydrogen-bond acceptors (Lipinski definition) is 5. The Morgan fingerprint density at radius 3 is 2.67 bits per heavy atom. The maximum absolute atomic E-state index is 12.7. The van der Waals surface area contributed by atoms with Gasteiger partial charge in [-0.1, -0.05) is 24.3 Å². The zero-order valence-corrected chi connectivity index (χ0v) is 15.8. The lowest BCUT2D eigenvalue weighted by molar-refractivity contribution is -0.139. The van der Waals surface area contributed by atoms with E-state index in [1.165, 1.54) is 7.11 Å². The Balaban J connectivity index is 2.15. The van der Waals surface area contributed by atoms with E-state index in [1.807, 2.05) is 45.0 Å². The number of fused-ring (bicyclic) bond motifs is 1. The second kappa shape index (κ2) is 7.57. The maximum Gasteiger partial charge on any atom is 0.325 e. The third kappa shape index (κ3) is 3.67. The average Bonchev–Trinajstić information content (AvgIpc) is 3.09. The van der Waals surface area contributed by atoms with E-state index in [1.54, 1.807) is 16.9 Å². The van der Waals surface area contributed by atoms with Crippen LogP contribution in [0.3, 0.4) is 0 Å². The molecule has 0 bridgehead atoms. The van der Waals surface area contributed by atoms with E-state index >= 15 is 0 Å². The van der Waals surface area contributed by atoms with Crippen LogP contribution in [-0.4, -0.2) is 40.3 Å². The molecule has 0 saturated carbocycles. The Kier molecular flexibility index (Phi) is 5.21. The molecule has 0 saturated heterocycles. The average molecular weight is 366 g/mol. The molecule has 0 aliphatic heterocycles. The van der Waals surface area contributed by atoms with Gasteiger partial charge in [0.25, 0.3) is 5.91 Å². The molecule has 140 valence electrons. The van der Waals surface area contributed by atoms with E-state index in [9.17, 15) is 9.59 Å². The Morgan fingerprint density at radius 2 is 2.00 bits per heavy atom. The van der Waals surface area contributed by atoms with Crippen LogP contribution in [0.2, 0.25) is 0 Å². The predicted octanol–water partition coefficient (Wildman–Crippen LogP) is 2.89. The van der Waals surface area contributed by atoms with E-state index in [-0.39, 0.29) is 18.5 Å². The van der Waals surface area contributed by atoms with Crippen molar-refractivity contribution in [2.75, 3.05) is 13.7 Å². The topological polar surface area (TPSA) is 86.1 Å². The van der Waals surface area contributed by atoms with Crippen molar-refractivity contribution in [2.45, 2.75) is 26.8 Å². The summed E-state index contributed by atoms with van der Waals surface area (Å²) >= 11 is 0. The highest BCUT2D eigenvalue weighted by molar-refractivity contribution is 6.07. The van der Waals surface area contributed by atoms with Crippen molar-refractivity contribution in [3.05, 3.63) is 47.7 Å². The van der Waals surface area contributed by atoms with Gasteiger partial charge in [-0.25, -0.2) is 9.67 Å². The summed E-state index contributed by atoms with van der Waals surface area (Å²) in [5, 5.41) is 7.63. The van der Waals surface area contributed by atoms with Gasteiger partial charge in [-0.05, 0) is 32.4 Å². The number of ether oxygens (including phenoxy) is 1. The normalized spacial score (nSPS) is 11.0. The number of nitrogens with one attached hydrogen (secondary N) is 1. The number of rotatable bonds is 5. The largest absolute Gasteiger partial charge is 0.468 e. The van der Waals surface area contributed by atoms with Crippen molar-refractivity contribution in [3.63, 3.8) is 0 Å². The summed E-state index contributed by atoms with van der Waals surface area (Å²) in [6, 6.07) is 9.69. The van der Waals surface area contributed by atoms with E-state index in [4.69, 9.17) is 4.98 Å². The van der Waals surface area contributed by atoms with Gasteiger partial charge in [0.05, 0.1) is 30.0 Å². The molecule has 0 aliphatic rings. The highest BCUT2D eigenvalue weighted by Gasteiger charge is 2.19. The van der Waals surface area contributed by atoms with Crippen LogP contribution in [0.15, 0.2) is 36.5 Å². The van der Waals surface area contributed by atoms with Gasteiger partial charge >= 0.3 is 5.97 Å². The van der Waals surface area contributed by atoms with E-state index in [0.29, 0.717) is 22.3 Å². The number of benzene rings is 1. The van der Waals surface area contributed by atoms with Gasteiger partial charge in [-0.2, -0.15) is 5.10 Å². The van der Waals surface area contributed by atoms with Crippen molar-refractivity contribution < 1.29 is 14.3 Å². The first-order valence-corrected chi connectivity index (χ1v) is 8.71. The smallest absolute Gasteiger partial charge is 0.325 e. The Morgan fingerprint density at radius 1 is 1.26 bits per heavy atom. The summed E-state index contributed by atoms with van der Waals surface area (Å²) in [4.78, 5) is 28.9. The maximum atomic E-state index is 12.7. The summed E-state index contributed by atoms with van der Waals surface area (Å²) in [6.45, 7) is 5.81. The molecule has 1 amide bonds. The number of methoxy groups -OCH3 is 1. The highest BCUT2D eigenvalue weighted by atomic mass is 16.5. The number of pyridine rings is 1. The fourth-order valence-electron chi connectivity index (χ4n) is 2.90. The lowest BCUT2D eigenvalue weighted by Gasteiger charge is -2.12. The fraction of sp³-hybridized carbons (Fsp3) is 0.300. The van der Waals surface area contributed by atoms with E-state index in [0.717, 1.165) is 11.1 Å². The molecule has 2 aromatic heterocycles. The third-order valence-corrected chi connectivity index (χ3v) is 4.34. The highest BCUT2D eigenvalue weighted by Crippen LogP contribution is 2.28. The molecule has 1 aromatic carbocycles. The summed E-state index contributed by atoms with van der Waals surface area (Å²) in [5.74, 6) is -0.878. The first-order chi connectivity index (χ1) is 12.9. The number of aryl methyl sites for hydroxylation is 1. The van der Waals surface area contributed by atoms with Crippen LogP contribution in [0.25, 0.3) is 22.3 Å². The fourth-order valence-corrected chi connectivity index (χ4v) is 2.90. The molecular formula is C20H22N4O3. The summed E-state index contributed by atoms with van der Waals surface area (Å²) in [5.41, 5.74) is 3.74. The lowest BCUT2D eigenvalue weighted by Crippen LogP contribution is -2.30. The van der Waals surface area contributed by atoms with E-state index in [2.05, 4.69) is 15.2 Å². The van der Waals surface area contributed by atoms with Gasteiger partial charge in [0.15, 0.2) is 5.65 Å². The molecule has 0 fully saturated rings. The van der Waals surface area contributed by atoms with E-state index < -0.39 is 5.97 Å². The number of hydrogen-bond donors (Lipinski definition) is 1. The first-order valence-electron chi connectivity index (χ1n) is 8.71. The molecule has 3 aromatic rings. The molecular weight excluding hydrogens is 344 g/mol. The molecule has 0 radical (unpaired) electrons. The van der Waals surface area contributed by atoms with Gasteiger partial charge in [0.1, 0.15) is 6.54 Å². The van der Waals surface area contributed by atoms with Gasteiger partial charge in [0, 0.05) is 11.6 Å². The summed E-state index contributed by atoms with van der Waals surface area (Å²) < 4.78 is 6.37. The van der Waals surface area contributed by atoms with Crippen LogP contribution < -0.4 is 5.32 Å². The van der Waals surface area contributed by atoms with Crippen molar-refractivity contribution >= 4 is 22.9 Å². The van der Waals surface area contributed by atoms with Gasteiger partial charge in [0.2, 0.25) is 0 Å². The lowest BCUT2D eigenvalue weighted by atomic mass is 10.0. The number of carbonyl (C=O) groups excluding carboxylic acids is 2. The van der Waals surface area contributed by atoms with Crippen LogP contribution in [-0.2, 0) is 9.53 Å². The number of aromatic nitrogens is 3. The third-order valence-electron chi connectivity index (χ3n) is 4.34. The molecule has 3 rings (SSSR count). The van der Waals surface area contributed by atoms with Gasteiger partial charge in [-0.3, -0.25) is 9.59 Å². The number of carbonyl (C=O) groups is 2. The van der Waals surface area contributed by atoms with Crippen molar-refractivity contribution in [1.29, 1.82) is 0 Å². The van der Waals surface area contributed by atoms with Gasteiger partial charge < -0.3 is 10.1 Å². The quantitative estimate of drug-likeness (QED) is 0.702. The predicted molar refractivity (Wildman–Crippen MR) is 102 cm³/mol. The summed E-state index contributed by atoms with van der Waals surface area (Å²) in [6.07, 6.45) is 1.64. The summed E-state index contributed by atoms with van der Waals surface area (Å²) in [7, 11) is 1.28. The molecule has 0 unspecified atom stereocenters. The van der Waals surface area contributed by atoms with Crippen LogP contribution in [0, 0.1) is 6.92 Å². The Labute approximate surface area is 157 Å². The molecule has 0 aliphatic carbocycles. The molecule has 2 heterocycles. The Hall–Kier alpha value is -3.22. The molecule has 0 spiro atoms. The van der Waals surface area contributed by atoms with Crippen molar-refractivity contribution in [2.24, 2.45) is 0 Å². The molecule has 27 heavy (non-hydrogen) atoms. The molecule has 0 atom stereocenters. The minimum absolute atomic E-state index is 0.0908. The standard InChI is InChI=1S/C20H22N4O3/c1-12(2)24-19-16(10-22-24)15(20(26)21-11-18(25)27-4)9-17(23-19)14-8-6-5-7-13(14)3/h5-10,12H,11H2,1-4H3,(H,21,26). The second-order valence-corrected chi connectivity index (χ2v) is 6.55. The van der Waals surface area contributed by atoms with Crippen LogP contribution >= 0.6 is 0 Å². The zero-order chi connectivity index (χ0) is 19.6. The second-order valence-electron chi connectivity index (χ2n) is 6.55. The number of amides is 1. The molecule has 7 heteroatoms. The number of nitrogens with zero attached hydrogens (tertiary/aromatic N) is 3.